The lowest BCUT2D eigenvalue weighted by Crippen LogP contribution is -2.50. The van der Waals surface area contributed by atoms with E-state index < -0.39 is 47.7 Å². The Morgan fingerprint density at radius 3 is 1.96 bits per heavy atom. The average molecular weight is 430 g/mol. The van der Waals surface area contributed by atoms with Gasteiger partial charge in [-0.05, 0) is 0 Å². The number of halogens is 6. The van der Waals surface area contributed by atoms with E-state index in [9.17, 15) is 43.2 Å². The van der Waals surface area contributed by atoms with E-state index in [1.165, 1.54) is 29.4 Å². The van der Waals surface area contributed by atoms with Crippen molar-refractivity contribution >= 4 is 20.0 Å². The first-order valence-corrected chi connectivity index (χ1v) is 9.59. The summed E-state index contributed by atoms with van der Waals surface area (Å²) in [7, 11) is -13.5. The van der Waals surface area contributed by atoms with Gasteiger partial charge in [0.1, 0.15) is 18.9 Å². The molecule has 7 nitrogen and oxygen atoms in total. The molecule has 0 bridgehead atoms. The van der Waals surface area contributed by atoms with E-state index in [0.717, 1.165) is 0 Å². The van der Waals surface area contributed by atoms with Gasteiger partial charge in [0.15, 0.2) is 0 Å². The Hall–Kier alpha value is -1.61. The summed E-state index contributed by atoms with van der Waals surface area (Å²) in [6.45, 7) is 2.10. The lowest BCUT2D eigenvalue weighted by Gasteiger charge is -2.23. The van der Waals surface area contributed by atoms with Crippen LogP contribution < -0.4 is 4.57 Å². The van der Waals surface area contributed by atoms with E-state index in [2.05, 4.69) is 6.58 Å². The summed E-state index contributed by atoms with van der Waals surface area (Å²) >= 11 is 0. The highest BCUT2D eigenvalue weighted by molar-refractivity contribution is 8.04. The zero-order chi connectivity index (χ0) is 20.4. The molecule has 1 aromatic rings. The van der Waals surface area contributed by atoms with Crippen LogP contribution in [0, 0.1) is 0 Å². The van der Waals surface area contributed by atoms with E-state index in [1.54, 1.807) is 4.57 Å². The molecule has 1 aromatic heterocycles. The third-order valence-corrected chi connectivity index (χ3v) is 6.75. The number of hydrogen-bond donors (Lipinski definition) is 0. The van der Waals surface area contributed by atoms with Crippen LogP contribution in [0.25, 0.3) is 0 Å². The first kappa shape index (κ1) is 22.4. The van der Waals surface area contributed by atoms with Crippen LogP contribution in [0.4, 0.5) is 26.3 Å². The van der Waals surface area contributed by atoms with Crippen molar-refractivity contribution in [1.29, 1.82) is 0 Å². The minimum absolute atomic E-state index is 0.221. The van der Waals surface area contributed by atoms with Gasteiger partial charge in [0.05, 0.1) is 6.54 Å². The Morgan fingerprint density at radius 2 is 1.54 bits per heavy atom. The first-order chi connectivity index (χ1) is 11.6. The fourth-order valence-electron chi connectivity index (χ4n) is 1.81. The molecule has 0 aliphatic heterocycles. The SMILES string of the molecule is C=CCn1cc[n+](CCCN(S(=O)(=O)C(F)(F)F)S(=O)(=O)C(F)(F)F)c1. The Morgan fingerprint density at radius 1 is 1.04 bits per heavy atom. The van der Waals surface area contributed by atoms with Crippen molar-refractivity contribution in [1.82, 2.24) is 8.28 Å². The van der Waals surface area contributed by atoms with Crippen molar-refractivity contribution < 1.29 is 47.7 Å². The lowest BCUT2D eigenvalue weighted by molar-refractivity contribution is -0.696. The molecule has 0 aromatic carbocycles. The summed E-state index contributed by atoms with van der Waals surface area (Å²) in [4.78, 5) is 0. The molecule has 150 valence electrons. The van der Waals surface area contributed by atoms with Crippen molar-refractivity contribution in [2.75, 3.05) is 6.54 Å². The molecule has 1 rings (SSSR count). The largest absolute Gasteiger partial charge is 0.512 e. The highest BCUT2D eigenvalue weighted by Gasteiger charge is 2.61. The van der Waals surface area contributed by atoms with Crippen LogP contribution in [0.3, 0.4) is 0 Å². The molecule has 26 heavy (non-hydrogen) atoms. The summed E-state index contributed by atoms with van der Waals surface area (Å²) < 4.78 is 122. The Labute approximate surface area is 145 Å². The number of sulfonamides is 2. The zero-order valence-electron chi connectivity index (χ0n) is 12.9. The third kappa shape index (κ3) is 4.76. The van der Waals surface area contributed by atoms with Crippen LogP contribution in [0.1, 0.15) is 6.42 Å². The van der Waals surface area contributed by atoms with E-state index >= 15 is 0 Å². The smallest absolute Gasteiger partial charge is 0.237 e. The zero-order valence-corrected chi connectivity index (χ0v) is 14.5. The van der Waals surface area contributed by atoms with Crippen molar-refractivity contribution in [2.45, 2.75) is 30.5 Å². The van der Waals surface area contributed by atoms with Gasteiger partial charge in [-0.25, -0.2) is 26.0 Å². The second kappa shape index (κ2) is 7.56. The molecule has 0 amide bonds. The van der Waals surface area contributed by atoms with E-state index in [1.807, 2.05) is 0 Å². The molecule has 0 saturated carbocycles. The fourth-order valence-corrected chi connectivity index (χ4v) is 4.55. The molecular weight excluding hydrogens is 416 g/mol. The predicted octanol–water partition coefficient (Wildman–Crippen LogP) is 1.35. The van der Waals surface area contributed by atoms with E-state index in [4.69, 9.17) is 0 Å². The molecule has 0 aliphatic rings. The highest BCUT2D eigenvalue weighted by Crippen LogP contribution is 2.35. The summed E-state index contributed by atoms with van der Waals surface area (Å²) in [6, 6.07) is 0. The van der Waals surface area contributed by atoms with Gasteiger partial charge in [0, 0.05) is 13.0 Å². The van der Waals surface area contributed by atoms with Gasteiger partial charge < -0.3 is 0 Å². The van der Waals surface area contributed by atoms with Gasteiger partial charge in [-0.2, -0.15) is 26.3 Å². The van der Waals surface area contributed by atoms with Crippen LogP contribution in [-0.2, 0) is 33.1 Å². The van der Waals surface area contributed by atoms with Gasteiger partial charge in [0.2, 0.25) is 6.33 Å². The molecule has 0 unspecified atom stereocenters. The van der Waals surface area contributed by atoms with Crippen LogP contribution in [0.15, 0.2) is 31.4 Å². The summed E-state index contributed by atoms with van der Waals surface area (Å²) in [5.74, 6) is 0. The topological polar surface area (TPSA) is 80.3 Å². The molecule has 1 heterocycles. The van der Waals surface area contributed by atoms with Crippen molar-refractivity contribution in [3.63, 3.8) is 0 Å². The van der Waals surface area contributed by atoms with Gasteiger partial charge >= 0.3 is 31.1 Å². The quantitative estimate of drug-likeness (QED) is 0.354. The van der Waals surface area contributed by atoms with E-state index in [-0.39, 0.29) is 6.54 Å². The van der Waals surface area contributed by atoms with Crippen molar-refractivity contribution in [3.8, 4) is 0 Å². The number of imidazole rings is 1. The minimum atomic E-state index is -6.74. The Kier molecular flexibility index (Phi) is 6.52. The monoisotopic (exact) mass is 430 g/mol. The van der Waals surface area contributed by atoms with Crippen molar-refractivity contribution in [3.05, 3.63) is 31.4 Å². The van der Waals surface area contributed by atoms with Gasteiger partial charge in [-0.15, -0.1) is 0 Å². The van der Waals surface area contributed by atoms with Gasteiger partial charge in [-0.1, -0.05) is 16.4 Å². The number of nitrogens with zero attached hydrogens (tertiary/aromatic N) is 3. The summed E-state index contributed by atoms with van der Waals surface area (Å²) in [5, 5.41) is 0. The molecule has 0 N–H and O–H groups in total. The number of rotatable bonds is 8. The van der Waals surface area contributed by atoms with Crippen LogP contribution in [0.5, 0.6) is 0 Å². The maximum Gasteiger partial charge on any atom is 0.512 e. The molecule has 0 atom stereocenters. The second-order valence-corrected chi connectivity index (χ2v) is 8.83. The summed E-state index contributed by atoms with van der Waals surface area (Å²) in [6.07, 6.45) is 5.29. The molecular formula is C11H14F6N3O4S2+. The minimum Gasteiger partial charge on any atom is -0.237 e. The molecule has 0 radical (unpaired) electrons. The van der Waals surface area contributed by atoms with Crippen LogP contribution in [-0.4, -0.2) is 42.7 Å². The maximum atomic E-state index is 12.6. The van der Waals surface area contributed by atoms with Crippen LogP contribution in [0.2, 0.25) is 0 Å². The fraction of sp³-hybridized carbons (Fsp3) is 0.545. The van der Waals surface area contributed by atoms with Crippen molar-refractivity contribution in [2.24, 2.45) is 0 Å². The van der Waals surface area contributed by atoms with Crippen LogP contribution >= 0.6 is 0 Å². The number of alkyl halides is 6. The summed E-state index contributed by atoms with van der Waals surface area (Å²) in [5.41, 5.74) is -12.4. The number of aromatic nitrogens is 2. The molecule has 15 heteroatoms. The normalized spacial score (nSPS) is 14.0. The molecule has 0 aliphatic carbocycles. The van der Waals surface area contributed by atoms with Gasteiger partial charge in [-0.3, -0.25) is 0 Å². The third-order valence-electron chi connectivity index (χ3n) is 2.96. The lowest BCUT2D eigenvalue weighted by atomic mass is 10.4. The molecule has 0 spiro atoms. The standard InChI is InChI=1S/C11H14F6N3O4S2/c1-2-4-18-7-8-19(9-18)5-3-6-20(25(21,22)10(12,13)14)26(23,24)11(15,16)17/h2,7-9H,1,3-6H2/q+1. The molecule has 0 fully saturated rings. The average Bonchev–Trinajstić information content (AvgIpc) is 2.88. The highest BCUT2D eigenvalue weighted by atomic mass is 32.3. The maximum absolute atomic E-state index is 12.6. The number of allylic oxidation sites excluding steroid dienone is 1. The number of aryl methyl sites for hydroxylation is 1. The number of hydrogen-bond acceptors (Lipinski definition) is 4. The van der Waals surface area contributed by atoms with E-state index in [0.29, 0.717) is 6.54 Å². The first-order valence-electron chi connectivity index (χ1n) is 6.71. The van der Waals surface area contributed by atoms with Gasteiger partial charge in [0.25, 0.3) is 0 Å². The molecule has 0 saturated heterocycles. The Balaban J connectivity index is 3.06. The predicted molar refractivity (Wildman–Crippen MR) is 76.1 cm³/mol. The Bertz CT molecular complexity index is 798. The second-order valence-electron chi connectivity index (χ2n) is 4.89.